The summed E-state index contributed by atoms with van der Waals surface area (Å²) in [6, 6.07) is 6.14. The summed E-state index contributed by atoms with van der Waals surface area (Å²) in [5.74, 6) is -0.481. The summed E-state index contributed by atoms with van der Waals surface area (Å²) >= 11 is 0. The fraction of sp³-hybridized carbons (Fsp3) is 0.267. The molecule has 3 heteroatoms. The summed E-state index contributed by atoms with van der Waals surface area (Å²) in [5.41, 5.74) is 4.06. The van der Waals surface area contributed by atoms with Crippen LogP contribution in [0.1, 0.15) is 37.8 Å². The third-order valence-corrected chi connectivity index (χ3v) is 3.13. The predicted octanol–water partition coefficient (Wildman–Crippen LogP) is 3.78. The van der Waals surface area contributed by atoms with Crippen molar-refractivity contribution >= 4 is 22.4 Å². The van der Waals surface area contributed by atoms with Gasteiger partial charge in [0.1, 0.15) is 0 Å². The van der Waals surface area contributed by atoms with Crippen LogP contribution < -0.4 is 0 Å². The Morgan fingerprint density at radius 1 is 1.39 bits per heavy atom. The molecule has 0 saturated carbocycles. The van der Waals surface area contributed by atoms with Gasteiger partial charge in [-0.1, -0.05) is 32.0 Å². The van der Waals surface area contributed by atoms with Crippen molar-refractivity contribution in [2.75, 3.05) is 0 Å². The first-order valence-corrected chi connectivity index (χ1v) is 6.02. The van der Waals surface area contributed by atoms with Crippen LogP contribution in [-0.2, 0) is 4.79 Å². The molecule has 0 aliphatic carbocycles. The highest BCUT2D eigenvalue weighted by Gasteiger charge is 2.11. The molecule has 1 aromatic carbocycles. The van der Waals surface area contributed by atoms with E-state index in [1.807, 2.05) is 25.3 Å². The quantitative estimate of drug-likeness (QED) is 0.806. The number of hydrogen-bond acceptors (Lipinski definition) is 1. The summed E-state index contributed by atoms with van der Waals surface area (Å²) in [6.07, 6.45) is 3.12. The number of fused-ring (bicyclic) bond motifs is 1. The van der Waals surface area contributed by atoms with Crippen molar-refractivity contribution in [3.63, 3.8) is 0 Å². The first kappa shape index (κ1) is 12.4. The molecule has 0 spiro atoms. The molecule has 2 N–H and O–H groups in total. The molecule has 18 heavy (non-hydrogen) atoms. The lowest BCUT2D eigenvalue weighted by molar-refractivity contribution is -0.131. The Morgan fingerprint density at radius 3 is 2.72 bits per heavy atom. The van der Waals surface area contributed by atoms with E-state index in [1.54, 1.807) is 0 Å². The van der Waals surface area contributed by atoms with E-state index in [9.17, 15) is 4.79 Å². The molecule has 3 nitrogen and oxygen atoms in total. The molecule has 2 rings (SSSR count). The van der Waals surface area contributed by atoms with E-state index in [-0.39, 0.29) is 0 Å². The maximum absolute atomic E-state index is 10.7. The van der Waals surface area contributed by atoms with Crippen molar-refractivity contribution < 1.29 is 9.90 Å². The van der Waals surface area contributed by atoms with Gasteiger partial charge in [-0.3, -0.25) is 0 Å². The lowest BCUT2D eigenvalue weighted by Crippen LogP contribution is -1.90. The Bertz CT molecular complexity index is 620. The van der Waals surface area contributed by atoms with Gasteiger partial charge < -0.3 is 10.1 Å². The number of aromatic nitrogens is 1. The number of aromatic amines is 1. The van der Waals surface area contributed by atoms with Crippen LogP contribution in [0.2, 0.25) is 0 Å². The Hall–Kier alpha value is -2.03. The number of carboxylic acid groups (broad SMARTS) is 1. The zero-order valence-electron chi connectivity index (χ0n) is 10.8. The lowest BCUT2D eigenvalue weighted by Gasteiger charge is -2.07. The third kappa shape index (κ3) is 2.16. The van der Waals surface area contributed by atoms with E-state index < -0.39 is 5.97 Å². The van der Waals surface area contributed by atoms with Crippen LogP contribution >= 0.6 is 0 Å². The molecule has 1 aromatic heterocycles. The monoisotopic (exact) mass is 243 g/mol. The fourth-order valence-electron chi connectivity index (χ4n) is 2.25. The van der Waals surface area contributed by atoms with E-state index >= 15 is 0 Å². The Balaban J connectivity index is 2.63. The van der Waals surface area contributed by atoms with Gasteiger partial charge in [0.25, 0.3) is 0 Å². The number of H-pyrrole nitrogens is 1. The minimum Gasteiger partial charge on any atom is -0.478 e. The molecule has 0 bridgehead atoms. The van der Waals surface area contributed by atoms with Crippen molar-refractivity contribution in [2.45, 2.75) is 26.7 Å². The second kappa shape index (κ2) is 4.69. The van der Waals surface area contributed by atoms with Gasteiger partial charge in [-0.05, 0) is 24.0 Å². The summed E-state index contributed by atoms with van der Waals surface area (Å²) < 4.78 is 0. The second-order valence-electron chi connectivity index (χ2n) is 4.79. The van der Waals surface area contributed by atoms with Crippen LogP contribution in [0.15, 0.2) is 30.5 Å². The van der Waals surface area contributed by atoms with Gasteiger partial charge in [0, 0.05) is 28.7 Å². The molecule has 0 aliphatic heterocycles. The molecule has 0 amide bonds. The maximum atomic E-state index is 10.7. The number of aliphatic carboxylic acids is 1. The first-order chi connectivity index (χ1) is 8.50. The smallest absolute Gasteiger partial charge is 0.328 e. The summed E-state index contributed by atoms with van der Waals surface area (Å²) in [7, 11) is 0. The normalized spacial score (nSPS) is 12.3. The van der Waals surface area contributed by atoms with Crippen molar-refractivity contribution in [1.82, 2.24) is 4.98 Å². The number of nitrogens with one attached hydrogen (secondary N) is 1. The SMILES string of the molecule is C/C(=C\C(=O)O)c1c[nH]c2c(C(C)C)cccc12. The summed E-state index contributed by atoms with van der Waals surface area (Å²) in [4.78, 5) is 14.0. The average Bonchev–Trinajstić information content (AvgIpc) is 2.70. The number of allylic oxidation sites excluding steroid dienone is 1. The van der Waals surface area contributed by atoms with E-state index in [1.165, 1.54) is 11.6 Å². The number of rotatable bonds is 3. The highest BCUT2D eigenvalue weighted by Crippen LogP contribution is 2.30. The molecule has 0 atom stereocenters. The predicted molar refractivity (Wildman–Crippen MR) is 73.7 cm³/mol. The molecular weight excluding hydrogens is 226 g/mol. The minimum absolute atomic E-state index is 0.434. The topological polar surface area (TPSA) is 53.1 Å². The van der Waals surface area contributed by atoms with Crippen LogP contribution in [0.3, 0.4) is 0 Å². The van der Waals surface area contributed by atoms with E-state index in [0.717, 1.165) is 22.0 Å². The molecule has 0 unspecified atom stereocenters. The maximum Gasteiger partial charge on any atom is 0.328 e. The largest absolute Gasteiger partial charge is 0.478 e. The van der Waals surface area contributed by atoms with Gasteiger partial charge in [0.05, 0.1) is 0 Å². The molecular formula is C15H17NO2. The molecule has 0 radical (unpaired) electrons. The Kier molecular flexibility index (Phi) is 3.24. The molecule has 0 saturated heterocycles. The standard InChI is InChI=1S/C15H17NO2/c1-9(2)11-5-4-6-12-13(8-16-15(11)12)10(3)7-14(17)18/h4-9,16H,1-3H3,(H,17,18)/b10-7+. The lowest BCUT2D eigenvalue weighted by atomic mass is 9.98. The van der Waals surface area contributed by atoms with E-state index in [0.29, 0.717) is 5.92 Å². The van der Waals surface area contributed by atoms with Gasteiger partial charge in [0.15, 0.2) is 0 Å². The van der Waals surface area contributed by atoms with Crippen LogP contribution in [0.25, 0.3) is 16.5 Å². The van der Waals surface area contributed by atoms with Crippen molar-refractivity contribution in [3.05, 3.63) is 41.6 Å². The van der Waals surface area contributed by atoms with Crippen LogP contribution in [0.5, 0.6) is 0 Å². The van der Waals surface area contributed by atoms with Crippen molar-refractivity contribution in [1.29, 1.82) is 0 Å². The highest BCUT2D eigenvalue weighted by atomic mass is 16.4. The molecule has 2 aromatic rings. The molecule has 94 valence electrons. The molecule has 1 heterocycles. The highest BCUT2D eigenvalue weighted by molar-refractivity contribution is 5.98. The van der Waals surface area contributed by atoms with E-state index in [4.69, 9.17) is 5.11 Å². The number of carboxylic acids is 1. The van der Waals surface area contributed by atoms with Crippen LogP contribution in [0.4, 0.5) is 0 Å². The van der Waals surface area contributed by atoms with Gasteiger partial charge in [-0.25, -0.2) is 4.79 Å². The minimum atomic E-state index is -0.915. The summed E-state index contributed by atoms with van der Waals surface area (Å²) in [6.45, 7) is 6.11. The zero-order valence-corrected chi connectivity index (χ0v) is 10.8. The Morgan fingerprint density at radius 2 is 2.11 bits per heavy atom. The molecule has 0 aliphatic rings. The number of para-hydroxylation sites is 1. The van der Waals surface area contributed by atoms with Gasteiger partial charge in [-0.15, -0.1) is 0 Å². The summed E-state index contributed by atoms with van der Waals surface area (Å²) in [5, 5.41) is 9.89. The molecule has 0 fully saturated rings. The number of hydrogen-bond donors (Lipinski definition) is 2. The number of carbonyl (C=O) groups is 1. The van der Waals surface area contributed by atoms with Crippen molar-refractivity contribution in [3.8, 4) is 0 Å². The van der Waals surface area contributed by atoms with Crippen molar-refractivity contribution in [2.24, 2.45) is 0 Å². The second-order valence-corrected chi connectivity index (χ2v) is 4.79. The third-order valence-electron chi connectivity index (χ3n) is 3.13. The van der Waals surface area contributed by atoms with Gasteiger partial charge in [0.2, 0.25) is 0 Å². The Labute approximate surface area is 106 Å². The van der Waals surface area contributed by atoms with Crippen LogP contribution in [0, 0.1) is 0 Å². The van der Waals surface area contributed by atoms with Gasteiger partial charge in [-0.2, -0.15) is 0 Å². The van der Waals surface area contributed by atoms with Gasteiger partial charge >= 0.3 is 5.97 Å². The number of benzene rings is 1. The first-order valence-electron chi connectivity index (χ1n) is 6.02. The fourth-order valence-corrected chi connectivity index (χ4v) is 2.25. The average molecular weight is 243 g/mol. The van der Waals surface area contributed by atoms with E-state index in [2.05, 4.69) is 24.9 Å². The zero-order chi connectivity index (χ0) is 13.3. The van der Waals surface area contributed by atoms with Crippen LogP contribution in [-0.4, -0.2) is 16.1 Å².